The molecule has 1 aromatic carbocycles. The molecule has 0 aliphatic heterocycles. The molecule has 0 amide bonds. The molecule has 0 aromatic heterocycles. The standard InChI is InChI=1S/C6H6.C4H8.6C2H6.Y/c1-2-4-6-5-3-1;1-3-4-2;6*1-2;/h1-6H;1-4H2;6*1-2H3;/q;-2;;;;;;;. The second-order valence-electron chi connectivity index (χ2n) is 1.86. The summed E-state index contributed by atoms with van der Waals surface area (Å²) in [6.45, 7) is 31.1. The number of hydrogen-bond acceptors (Lipinski definition) is 0. The Bertz CT molecular complexity index is 97.9. The van der Waals surface area contributed by atoms with E-state index >= 15 is 0 Å². The molecule has 1 aromatic rings. The van der Waals surface area contributed by atoms with Crippen LogP contribution >= 0.6 is 0 Å². The van der Waals surface area contributed by atoms with Crippen molar-refractivity contribution in [2.45, 2.75) is 95.9 Å². The fourth-order valence-electron chi connectivity index (χ4n) is 0.385. The summed E-state index contributed by atoms with van der Waals surface area (Å²) in [5.41, 5.74) is 0. The summed E-state index contributed by atoms with van der Waals surface area (Å²) in [7, 11) is 0. The first-order valence-corrected chi connectivity index (χ1v) is 9.50. The molecule has 0 aliphatic rings. The van der Waals surface area contributed by atoms with Gasteiger partial charge in [0, 0.05) is 32.7 Å². The minimum absolute atomic E-state index is 0. The van der Waals surface area contributed by atoms with Crippen molar-refractivity contribution in [3.8, 4) is 0 Å². The Hall–Kier alpha value is 0.324. The van der Waals surface area contributed by atoms with Crippen molar-refractivity contribution < 1.29 is 32.7 Å². The molecule has 0 heterocycles. The fraction of sp³-hybridized carbons (Fsp3) is 0.636. The smallest absolute Gasteiger partial charge is 0 e. The fourth-order valence-corrected chi connectivity index (χ4v) is 0.385. The van der Waals surface area contributed by atoms with E-state index in [1.165, 1.54) is 0 Å². The molecule has 0 spiro atoms. The van der Waals surface area contributed by atoms with Crippen LogP contribution in [0.1, 0.15) is 95.9 Å². The summed E-state index contributed by atoms with van der Waals surface area (Å²) >= 11 is 0. The van der Waals surface area contributed by atoms with Crippen LogP contribution in [0.3, 0.4) is 0 Å². The predicted octanol–water partition coefficient (Wildman–Crippen LogP) is 9.28. The van der Waals surface area contributed by atoms with Crippen LogP contribution in [0.25, 0.3) is 0 Å². The molecule has 0 saturated carbocycles. The molecule has 0 unspecified atom stereocenters. The van der Waals surface area contributed by atoms with Crippen molar-refractivity contribution in [2.75, 3.05) is 0 Å². The maximum atomic E-state index is 3.54. The van der Waals surface area contributed by atoms with Crippen molar-refractivity contribution in [2.24, 2.45) is 0 Å². The number of hydrogen-bond donors (Lipinski definition) is 0. The third-order valence-corrected chi connectivity index (χ3v) is 0.917. The normalized spacial score (nSPS) is 4.96. The van der Waals surface area contributed by atoms with E-state index in [1.54, 1.807) is 0 Å². The summed E-state index contributed by atoms with van der Waals surface area (Å²) in [6.07, 6.45) is 1.92. The molecular weight excluding hydrogens is 353 g/mol. The van der Waals surface area contributed by atoms with Gasteiger partial charge < -0.3 is 13.8 Å². The van der Waals surface area contributed by atoms with E-state index in [0.717, 1.165) is 12.8 Å². The van der Waals surface area contributed by atoms with Crippen LogP contribution in [-0.4, -0.2) is 0 Å². The molecule has 0 N–H and O–H groups in total. The summed E-state index contributed by atoms with van der Waals surface area (Å²) in [4.78, 5) is 0. The summed E-state index contributed by atoms with van der Waals surface area (Å²) in [5.74, 6) is 0. The van der Waals surface area contributed by atoms with Crippen LogP contribution < -0.4 is 0 Å². The van der Waals surface area contributed by atoms with Gasteiger partial charge in [-0.3, -0.25) is 0 Å². The number of benzene rings is 1. The maximum absolute atomic E-state index is 3.54. The largest absolute Gasteiger partial charge is 0.346 e. The van der Waals surface area contributed by atoms with E-state index in [2.05, 4.69) is 13.8 Å². The van der Waals surface area contributed by atoms with Crippen molar-refractivity contribution in [1.82, 2.24) is 0 Å². The van der Waals surface area contributed by atoms with E-state index < -0.39 is 0 Å². The molecule has 1 radical (unpaired) electrons. The van der Waals surface area contributed by atoms with E-state index in [9.17, 15) is 0 Å². The molecule has 0 atom stereocenters. The van der Waals surface area contributed by atoms with Crippen LogP contribution in [0.15, 0.2) is 36.4 Å². The topological polar surface area (TPSA) is 0 Å². The average molecular weight is 404 g/mol. The Morgan fingerprint density at radius 2 is 0.478 bits per heavy atom. The van der Waals surface area contributed by atoms with Gasteiger partial charge in [-0.25, -0.2) is 12.8 Å². The van der Waals surface area contributed by atoms with Gasteiger partial charge in [-0.05, 0) is 0 Å². The second kappa shape index (κ2) is 147. The van der Waals surface area contributed by atoms with Crippen molar-refractivity contribution in [3.63, 3.8) is 0 Å². The van der Waals surface area contributed by atoms with Gasteiger partial charge in [-0.2, -0.15) is 0 Å². The van der Waals surface area contributed by atoms with E-state index in [4.69, 9.17) is 0 Å². The maximum Gasteiger partial charge on any atom is 0 e. The Morgan fingerprint density at radius 3 is 0.522 bits per heavy atom. The zero-order valence-corrected chi connectivity index (χ0v) is 21.7. The van der Waals surface area contributed by atoms with Gasteiger partial charge in [0.1, 0.15) is 0 Å². The third-order valence-electron chi connectivity index (χ3n) is 0.917. The Morgan fingerprint density at radius 1 is 0.391 bits per heavy atom. The summed E-state index contributed by atoms with van der Waals surface area (Å²) in [5, 5.41) is 0. The molecule has 1 rings (SSSR count). The molecule has 143 valence electrons. The zero-order chi connectivity index (χ0) is 19.7. The van der Waals surface area contributed by atoms with E-state index in [-0.39, 0.29) is 32.7 Å². The molecule has 0 bridgehead atoms. The summed E-state index contributed by atoms with van der Waals surface area (Å²) < 4.78 is 0. The van der Waals surface area contributed by atoms with Crippen LogP contribution in [-0.2, 0) is 32.7 Å². The minimum Gasteiger partial charge on any atom is -0.346 e. The Kier molecular flexibility index (Phi) is 315. The SMILES string of the molecule is CC.CC.CC.CC.CC.CC.[CH2-]CC[CH2-].[Y].c1ccccc1. The second-order valence-corrected chi connectivity index (χ2v) is 1.86. The van der Waals surface area contributed by atoms with Crippen molar-refractivity contribution in [3.05, 3.63) is 50.2 Å². The van der Waals surface area contributed by atoms with Crippen molar-refractivity contribution in [1.29, 1.82) is 0 Å². The van der Waals surface area contributed by atoms with Gasteiger partial charge in [0.15, 0.2) is 0 Å². The van der Waals surface area contributed by atoms with Gasteiger partial charge >= 0.3 is 0 Å². The summed E-state index contributed by atoms with van der Waals surface area (Å²) in [6, 6.07) is 12.0. The molecule has 23 heavy (non-hydrogen) atoms. The first-order valence-electron chi connectivity index (χ1n) is 9.50. The van der Waals surface area contributed by atoms with Crippen LogP contribution in [0.5, 0.6) is 0 Å². The van der Waals surface area contributed by atoms with Gasteiger partial charge in [0.2, 0.25) is 0 Å². The van der Waals surface area contributed by atoms with Gasteiger partial charge in [0.25, 0.3) is 0 Å². The first-order chi connectivity index (χ1) is 10.9. The van der Waals surface area contributed by atoms with E-state index in [0.29, 0.717) is 0 Å². The minimum atomic E-state index is 0. The molecule has 0 fully saturated rings. The average Bonchev–Trinajstić information content (AvgIpc) is 2.72. The van der Waals surface area contributed by atoms with Crippen molar-refractivity contribution >= 4 is 0 Å². The van der Waals surface area contributed by atoms with Crippen LogP contribution in [0.2, 0.25) is 0 Å². The molecule has 0 aliphatic carbocycles. The quantitative estimate of drug-likeness (QED) is 0.410. The number of rotatable bonds is 1. The zero-order valence-electron chi connectivity index (χ0n) is 18.9. The van der Waals surface area contributed by atoms with Gasteiger partial charge in [-0.1, -0.05) is 119 Å². The Labute approximate surface area is 178 Å². The Balaban J connectivity index is -0.0000000199. The molecule has 1 heteroatoms. The monoisotopic (exact) mass is 403 g/mol. The first kappa shape index (κ1) is 49.5. The van der Waals surface area contributed by atoms with Crippen LogP contribution in [0.4, 0.5) is 0 Å². The predicted molar refractivity (Wildman–Crippen MR) is 114 cm³/mol. The van der Waals surface area contributed by atoms with Gasteiger partial charge in [0.05, 0.1) is 0 Å². The van der Waals surface area contributed by atoms with E-state index in [1.807, 2.05) is 119 Å². The molecule has 0 saturated heterocycles. The molecular formula is C22H50Y-2. The van der Waals surface area contributed by atoms with Crippen LogP contribution in [0, 0.1) is 13.8 Å². The molecule has 0 nitrogen and oxygen atoms in total. The van der Waals surface area contributed by atoms with Gasteiger partial charge in [-0.15, -0.1) is 0 Å². The number of unbranched alkanes of at least 4 members (excludes halogenated alkanes) is 1. The third kappa shape index (κ3) is 172.